The van der Waals surface area contributed by atoms with E-state index in [0.717, 1.165) is 31.4 Å². The number of esters is 1. The number of aromatic nitrogens is 1. The van der Waals surface area contributed by atoms with E-state index in [1.165, 1.54) is 0 Å². The van der Waals surface area contributed by atoms with E-state index >= 15 is 0 Å². The number of aryl methyl sites for hydroxylation is 1. The van der Waals surface area contributed by atoms with Gasteiger partial charge in [-0.2, -0.15) is 0 Å². The van der Waals surface area contributed by atoms with E-state index < -0.39 is 5.60 Å². The summed E-state index contributed by atoms with van der Waals surface area (Å²) in [5.74, 6) is 0.0144. The zero-order chi connectivity index (χ0) is 14.7. The number of pyridine rings is 1. The Morgan fingerprint density at radius 3 is 3.05 bits per heavy atom. The number of piperidine rings is 1. The van der Waals surface area contributed by atoms with Gasteiger partial charge < -0.3 is 9.64 Å². The number of hydrogen-bond donors (Lipinski definition) is 0. The topological polar surface area (TPSA) is 59.5 Å². The number of hydrogen-bond acceptors (Lipinski definition) is 4. The molecule has 0 aliphatic carbocycles. The number of amides is 1. The minimum absolute atomic E-state index is 0.125. The predicted octanol–water partition coefficient (Wildman–Crippen LogP) is 1.71. The average Bonchev–Trinajstić information content (AvgIpc) is 2.86. The molecule has 3 rings (SSSR count). The molecule has 0 saturated carbocycles. The van der Waals surface area contributed by atoms with Crippen LogP contribution in [0.2, 0.25) is 0 Å². The van der Waals surface area contributed by atoms with Gasteiger partial charge in [0.15, 0.2) is 0 Å². The molecule has 1 spiro atoms. The first-order valence-corrected chi connectivity index (χ1v) is 7.55. The Labute approximate surface area is 124 Å². The Bertz CT molecular complexity index is 532. The molecular weight excluding hydrogens is 268 g/mol. The lowest BCUT2D eigenvalue weighted by Crippen LogP contribution is -2.50. The zero-order valence-corrected chi connectivity index (χ0v) is 12.1. The summed E-state index contributed by atoms with van der Waals surface area (Å²) in [7, 11) is 0. The maximum absolute atomic E-state index is 12.4. The summed E-state index contributed by atoms with van der Waals surface area (Å²) < 4.78 is 5.49. The van der Waals surface area contributed by atoms with Crippen molar-refractivity contribution in [3.63, 3.8) is 0 Å². The molecule has 0 radical (unpaired) electrons. The van der Waals surface area contributed by atoms with Crippen molar-refractivity contribution in [2.24, 2.45) is 0 Å². The predicted molar refractivity (Wildman–Crippen MR) is 76.4 cm³/mol. The molecule has 2 saturated heterocycles. The Morgan fingerprint density at radius 2 is 2.33 bits per heavy atom. The van der Waals surface area contributed by atoms with E-state index in [4.69, 9.17) is 4.74 Å². The van der Waals surface area contributed by atoms with Crippen molar-refractivity contribution in [1.82, 2.24) is 9.88 Å². The summed E-state index contributed by atoms with van der Waals surface area (Å²) in [6.07, 6.45) is 7.73. The first-order valence-electron chi connectivity index (χ1n) is 7.55. The fourth-order valence-corrected chi connectivity index (χ4v) is 3.23. The summed E-state index contributed by atoms with van der Waals surface area (Å²) in [6.45, 7) is 1.33. The zero-order valence-electron chi connectivity index (χ0n) is 12.1. The summed E-state index contributed by atoms with van der Waals surface area (Å²) in [6, 6.07) is 3.87. The average molecular weight is 288 g/mol. The van der Waals surface area contributed by atoms with Gasteiger partial charge in [0.1, 0.15) is 5.60 Å². The van der Waals surface area contributed by atoms with Crippen LogP contribution in [-0.2, 0) is 20.7 Å². The van der Waals surface area contributed by atoms with Crippen molar-refractivity contribution in [2.45, 2.75) is 44.1 Å². The third-order valence-electron chi connectivity index (χ3n) is 4.36. The molecule has 2 fully saturated rings. The maximum Gasteiger partial charge on any atom is 0.306 e. The number of nitrogens with zero attached hydrogens (tertiary/aromatic N) is 2. The number of carbonyl (C=O) groups is 2. The van der Waals surface area contributed by atoms with Crippen LogP contribution in [0, 0.1) is 0 Å². The molecule has 2 aliphatic rings. The highest BCUT2D eigenvalue weighted by molar-refractivity contribution is 5.77. The van der Waals surface area contributed by atoms with Gasteiger partial charge in [0.25, 0.3) is 0 Å². The number of likely N-dealkylation sites (tertiary alicyclic amines) is 1. The molecular formula is C16H20N2O3. The van der Waals surface area contributed by atoms with Crippen LogP contribution in [0.15, 0.2) is 24.5 Å². The second-order valence-corrected chi connectivity index (χ2v) is 5.94. The fourth-order valence-electron chi connectivity index (χ4n) is 3.23. The molecule has 0 bridgehead atoms. The molecule has 5 heteroatoms. The van der Waals surface area contributed by atoms with E-state index in [9.17, 15) is 9.59 Å². The van der Waals surface area contributed by atoms with E-state index in [2.05, 4.69) is 4.98 Å². The third kappa shape index (κ3) is 3.23. The molecule has 1 amide bonds. The van der Waals surface area contributed by atoms with Crippen LogP contribution in [0.5, 0.6) is 0 Å². The molecule has 112 valence electrons. The van der Waals surface area contributed by atoms with Gasteiger partial charge in [0, 0.05) is 31.8 Å². The number of rotatable bonds is 3. The Morgan fingerprint density at radius 1 is 1.43 bits per heavy atom. The lowest BCUT2D eigenvalue weighted by Gasteiger charge is -2.39. The monoisotopic (exact) mass is 288 g/mol. The van der Waals surface area contributed by atoms with Crippen LogP contribution in [0.25, 0.3) is 0 Å². The summed E-state index contributed by atoms with van der Waals surface area (Å²) in [5, 5.41) is 0. The molecule has 21 heavy (non-hydrogen) atoms. The van der Waals surface area contributed by atoms with Crippen LogP contribution >= 0.6 is 0 Å². The smallest absolute Gasteiger partial charge is 0.306 e. The molecule has 1 atom stereocenters. The van der Waals surface area contributed by atoms with Crippen molar-refractivity contribution in [1.29, 1.82) is 0 Å². The first-order chi connectivity index (χ1) is 10.2. The van der Waals surface area contributed by atoms with Crippen molar-refractivity contribution >= 4 is 11.9 Å². The molecule has 1 aromatic heterocycles. The summed E-state index contributed by atoms with van der Waals surface area (Å²) >= 11 is 0. The molecule has 0 N–H and O–H groups in total. The van der Waals surface area contributed by atoms with Crippen molar-refractivity contribution in [2.75, 3.05) is 13.1 Å². The lowest BCUT2D eigenvalue weighted by atomic mass is 9.90. The van der Waals surface area contributed by atoms with Crippen molar-refractivity contribution in [3.05, 3.63) is 30.1 Å². The van der Waals surface area contributed by atoms with Gasteiger partial charge in [-0.3, -0.25) is 14.6 Å². The molecule has 0 aromatic carbocycles. The Balaban J connectivity index is 1.56. The largest absolute Gasteiger partial charge is 0.457 e. The van der Waals surface area contributed by atoms with E-state index in [1.807, 2.05) is 17.0 Å². The van der Waals surface area contributed by atoms with E-state index in [0.29, 0.717) is 25.8 Å². The quantitative estimate of drug-likeness (QED) is 0.795. The minimum atomic E-state index is -0.403. The summed E-state index contributed by atoms with van der Waals surface area (Å²) in [4.78, 5) is 29.6. The van der Waals surface area contributed by atoms with Crippen LogP contribution in [0.4, 0.5) is 0 Å². The van der Waals surface area contributed by atoms with Crippen LogP contribution in [0.3, 0.4) is 0 Å². The van der Waals surface area contributed by atoms with Gasteiger partial charge in [-0.15, -0.1) is 0 Å². The normalized spacial score (nSPS) is 25.1. The highest BCUT2D eigenvalue weighted by Crippen LogP contribution is 2.35. The molecule has 1 aromatic rings. The summed E-state index contributed by atoms with van der Waals surface area (Å²) in [5.41, 5.74) is 0.670. The van der Waals surface area contributed by atoms with E-state index in [-0.39, 0.29) is 11.9 Å². The fraction of sp³-hybridized carbons (Fsp3) is 0.562. The number of carbonyl (C=O) groups excluding carboxylic acids is 2. The second-order valence-electron chi connectivity index (χ2n) is 5.94. The van der Waals surface area contributed by atoms with Gasteiger partial charge in [-0.05, 0) is 37.3 Å². The second kappa shape index (κ2) is 5.84. The van der Waals surface area contributed by atoms with Gasteiger partial charge in [0.05, 0.1) is 6.54 Å². The SMILES string of the molecule is O=C1CCC2(CCCN(C(=O)CCc3cccnc3)C2)O1. The Hall–Kier alpha value is -1.91. The van der Waals surface area contributed by atoms with E-state index in [1.54, 1.807) is 12.4 Å². The van der Waals surface area contributed by atoms with Gasteiger partial charge in [0.2, 0.25) is 5.91 Å². The first kappa shape index (κ1) is 14.0. The van der Waals surface area contributed by atoms with Gasteiger partial charge >= 0.3 is 5.97 Å². The van der Waals surface area contributed by atoms with Gasteiger partial charge in [-0.1, -0.05) is 6.07 Å². The maximum atomic E-state index is 12.4. The highest BCUT2D eigenvalue weighted by Gasteiger charge is 2.44. The minimum Gasteiger partial charge on any atom is -0.457 e. The Kier molecular flexibility index (Phi) is 3.90. The standard InChI is InChI=1S/C16H20N2O3/c19-14(5-4-13-3-1-9-17-11-13)18-10-2-7-16(12-18)8-6-15(20)21-16/h1,3,9,11H,2,4-8,10,12H2. The van der Waals surface area contributed by atoms with Crippen LogP contribution in [0.1, 0.15) is 37.7 Å². The van der Waals surface area contributed by atoms with Crippen LogP contribution < -0.4 is 0 Å². The number of ether oxygens (including phenoxy) is 1. The van der Waals surface area contributed by atoms with Gasteiger partial charge in [-0.25, -0.2) is 0 Å². The highest BCUT2D eigenvalue weighted by atomic mass is 16.6. The molecule has 2 aliphatic heterocycles. The molecule has 1 unspecified atom stereocenters. The van der Waals surface area contributed by atoms with Crippen LogP contribution in [-0.4, -0.2) is 40.5 Å². The van der Waals surface area contributed by atoms with Crippen molar-refractivity contribution in [3.8, 4) is 0 Å². The molecule has 3 heterocycles. The lowest BCUT2D eigenvalue weighted by molar-refractivity contribution is -0.156. The third-order valence-corrected chi connectivity index (χ3v) is 4.36. The van der Waals surface area contributed by atoms with Crippen molar-refractivity contribution < 1.29 is 14.3 Å². The molecule has 5 nitrogen and oxygen atoms in total.